The highest BCUT2D eigenvalue weighted by atomic mass is 79.9. The Balaban J connectivity index is 1.58. The van der Waals surface area contributed by atoms with Crippen LogP contribution < -0.4 is 10.6 Å². The van der Waals surface area contributed by atoms with Gasteiger partial charge in [0.05, 0.1) is 17.9 Å². The monoisotopic (exact) mass is 507 g/mol. The third-order valence-corrected chi connectivity index (χ3v) is 5.97. The van der Waals surface area contributed by atoms with Crippen LogP contribution in [0.15, 0.2) is 58.2 Å². The topological polar surface area (TPSA) is 88.9 Å². The fourth-order valence-corrected chi connectivity index (χ4v) is 4.14. The van der Waals surface area contributed by atoms with E-state index in [1.165, 1.54) is 11.8 Å². The van der Waals surface area contributed by atoms with Crippen molar-refractivity contribution in [2.45, 2.75) is 25.2 Å². The molecule has 30 heavy (non-hydrogen) atoms. The summed E-state index contributed by atoms with van der Waals surface area (Å²) >= 11 is 10.6. The van der Waals surface area contributed by atoms with Gasteiger partial charge in [0, 0.05) is 21.7 Å². The van der Waals surface area contributed by atoms with Gasteiger partial charge in [0.1, 0.15) is 0 Å². The van der Waals surface area contributed by atoms with Crippen molar-refractivity contribution in [3.05, 3.63) is 69.4 Å². The Morgan fingerprint density at radius 1 is 1.17 bits per heavy atom. The lowest BCUT2D eigenvalue weighted by molar-refractivity contribution is -0.113. The molecule has 0 unspecified atom stereocenters. The van der Waals surface area contributed by atoms with Crippen LogP contribution in [0.1, 0.15) is 23.1 Å². The normalized spacial score (nSPS) is 10.6. The fourth-order valence-electron chi connectivity index (χ4n) is 2.67. The van der Waals surface area contributed by atoms with E-state index in [0.29, 0.717) is 33.8 Å². The Kier molecular flexibility index (Phi) is 7.89. The van der Waals surface area contributed by atoms with E-state index in [-0.39, 0.29) is 24.1 Å². The van der Waals surface area contributed by atoms with Gasteiger partial charge in [-0.2, -0.15) is 0 Å². The van der Waals surface area contributed by atoms with Gasteiger partial charge in [0.2, 0.25) is 5.91 Å². The lowest BCUT2D eigenvalue weighted by atomic mass is 10.2. The summed E-state index contributed by atoms with van der Waals surface area (Å²) in [7, 11) is 0. The number of aromatic nitrogens is 3. The minimum atomic E-state index is -0.205. The molecular formula is C20H19BrClN5O2S. The number of benzene rings is 2. The number of amides is 2. The van der Waals surface area contributed by atoms with Crippen LogP contribution in [0.25, 0.3) is 0 Å². The van der Waals surface area contributed by atoms with Crippen molar-refractivity contribution in [3.8, 4) is 0 Å². The van der Waals surface area contributed by atoms with Crippen LogP contribution in [0, 0.1) is 0 Å². The van der Waals surface area contributed by atoms with E-state index in [9.17, 15) is 9.59 Å². The molecule has 0 aliphatic carbocycles. The summed E-state index contributed by atoms with van der Waals surface area (Å²) in [5, 5.41) is 15.1. The molecule has 0 radical (unpaired) electrons. The number of halogens is 2. The quantitative estimate of drug-likeness (QED) is 0.441. The maximum absolute atomic E-state index is 12.4. The molecular weight excluding hydrogens is 490 g/mol. The SMILES string of the molecule is CCn1c(CNC(=O)c2ccccc2Br)nnc1SCC(=O)Nc1cccc(Cl)c1. The summed E-state index contributed by atoms with van der Waals surface area (Å²) in [6, 6.07) is 14.2. The first kappa shape index (κ1) is 22.3. The summed E-state index contributed by atoms with van der Waals surface area (Å²) in [4.78, 5) is 24.6. The average Bonchev–Trinajstić information content (AvgIpc) is 3.12. The zero-order valence-electron chi connectivity index (χ0n) is 16.1. The lowest BCUT2D eigenvalue weighted by Gasteiger charge is -2.09. The summed E-state index contributed by atoms with van der Waals surface area (Å²) in [5.41, 5.74) is 1.19. The van der Waals surface area contributed by atoms with Gasteiger partial charge in [-0.15, -0.1) is 10.2 Å². The molecule has 0 bridgehead atoms. The molecule has 1 aromatic heterocycles. The fraction of sp³-hybridized carbons (Fsp3) is 0.200. The molecule has 3 rings (SSSR count). The number of carbonyl (C=O) groups is 2. The Labute approximate surface area is 191 Å². The van der Waals surface area contributed by atoms with E-state index in [1.54, 1.807) is 36.4 Å². The second-order valence-electron chi connectivity index (χ2n) is 6.15. The van der Waals surface area contributed by atoms with Crippen molar-refractivity contribution in [2.75, 3.05) is 11.1 Å². The van der Waals surface area contributed by atoms with Crippen molar-refractivity contribution in [3.63, 3.8) is 0 Å². The molecule has 10 heteroatoms. The number of nitrogens with one attached hydrogen (secondary N) is 2. The summed E-state index contributed by atoms with van der Waals surface area (Å²) in [6.07, 6.45) is 0. The van der Waals surface area contributed by atoms with Gasteiger partial charge in [0.25, 0.3) is 5.91 Å². The second-order valence-corrected chi connectivity index (χ2v) is 8.39. The van der Waals surface area contributed by atoms with Crippen molar-refractivity contribution in [1.82, 2.24) is 20.1 Å². The summed E-state index contributed by atoms with van der Waals surface area (Å²) in [5.74, 6) is 0.420. The highest BCUT2D eigenvalue weighted by molar-refractivity contribution is 9.10. The van der Waals surface area contributed by atoms with E-state index >= 15 is 0 Å². The van der Waals surface area contributed by atoms with Crippen molar-refractivity contribution >= 4 is 56.8 Å². The number of nitrogens with zero attached hydrogens (tertiary/aromatic N) is 3. The predicted octanol–water partition coefficient (Wildman–Crippen LogP) is 4.37. The predicted molar refractivity (Wildman–Crippen MR) is 122 cm³/mol. The lowest BCUT2D eigenvalue weighted by Crippen LogP contribution is -2.25. The number of anilines is 1. The van der Waals surface area contributed by atoms with Crippen LogP contribution in [-0.4, -0.2) is 32.3 Å². The number of thioether (sulfide) groups is 1. The Morgan fingerprint density at radius 2 is 1.97 bits per heavy atom. The Morgan fingerprint density at radius 3 is 2.70 bits per heavy atom. The first-order valence-electron chi connectivity index (χ1n) is 9.11. The minimum absolute atomic E-state index is 0.170. The molecule has 1 heterocycles. The maximum atomic E-state index is 12.4. The van der Waals surface area contributed by atoms with Crippen molar-refractivity contribution < 1.29 is 9.59 Å². The molecule has 0 spiro atoms. The average molecular weight is 509 g/mol. The first-order valence-corrected chi connectivity index (χ1v) is 11.3. The summed E-state index contributed by atoms with van der Waals surface area (Å²) < 4.78 is 2.60. The van der Waals surface area contributed by atoms with Gasteiger partial charge in [-0.05, 0) is 53.2 Å². The first-order chi connectivity index (χ1) is 14.5. The molecule has 0 aliphatic heterocycles. The van der Waals surface area contributed by atoms with Crippen molar-refractivity contribution in [1.29, 1.82) is 0 Å². The molecule has 3 aromatic rings. The molecule has 7 nitrogen and oxygen atoms in total. The summed E-state index contributed by atoms with van der Waals surface area (Å²) in [6.45, 7) is 2.81. The van der Waals surface area contributed by atoms with E-state index in [2.05, 4.69) is 36.8 Å². The molecule has 0 aliphatic rings. The largest absolute Gasteiger partial charge is 0.345 e. The van der Waals surface area contributed by atoms with Gasteiger partial charge in [0.15, 0.2) is 11.0 Å². The molecule has 0 atom stereocenters. The number of rotatable bonds is 8. The van der Waals surface area contributed by atoms with Crippen LogP contribution in [0.4, 0.5) is 5.69 Å². The third kappa shape index (κ3) is 5.84. The van der Waals surface area contributed by atoms with Gasteiger partial charge < -0.3 is 15.2 Å². The van der Waals surface area contributed by atoms with Gasteiger partial charge in [-0.1, -0.05) is 41.6 Å². The van der Waals surface area contributed by atoms with Crippen molar-refractivity contribution in [2.24, 2.45) is 0 Å². The van der Waals surface area contributed by atoms with E-state index in [1.807, 2.05) is 23.6 Å². The van der Waals surface area contributed by atoms with Gasteiger partial charge in [-0.25, -0.2) is 0 Å². The van der Waals surface area contributed by atoms with Gasteiger partial charge >= 0.3 is 0 Å². The maximum Gasteiger partial charge on any atom is 0.252 e. The number of carbonyl (C=O) groups excluding carboxylic acids is 2. The van der Waals surface area contributed by atoms with Crippen LogP contribution in [0.3, 0.4) is 0 Å². The minimum Gasteiger partial charge on any atom is -0.345 e. The van der Waals surface area contributed by atoms with Crippen LogP contribution in [0.2, 0.25) is 5.02 Å². The molecule has 156 valence electrons. The zero-order valence-corrected chi connectivity index (χ0v) is 19.2. The zero-order chi connectivity index (χ0) is 21.5. The van der Waals surface area contributed by atoms with E-state index < -0.39 is 0 Å². The molecule has 2 aromatic carbocycles. The molecule has 2 N–H and O–H groups in total. The van der Waals surface area contributed by atoms with Crippen LogP contribution in [-0.2, 0) is 17.9 Å². The molecule has 2 amide bonds. The smallest absolute Gasteiger partial charge is 0.252 e. The molecule has 0 saturated heterocycles. The standard InChI is InChI=1S/C20H19BrClN5O2S/c1-2-27-17(11-23-19(29)15-8-3-4-9-16(15)21)25-26-20(27)30-12-18(28)24-14-7-5-6-13(22)10-14/h3-10H,2,11-12H2,1H3,(H,23,29)(H,24,28). The van der Waals surface area contributed by atoms with E-state index in [0.717, 1.165) is 4.47 Å². The van der Waals surface area contributed by atoms with Crippen LogP contribution in [0.5, 0.6) is 0 Å². The highest BCUT2D eigenvalue weighted by Crippen LogP contribution is 2.20. The molecule has 0 saturated carbocycles. The van der Waals surface area contributed by atoms with Crippen LogP contribution >= 0.6 is 39.3 Å². The number of hydrogen-bond acceptors (Lipinski definition) is 5. The van der Waals surface area contributed by atoms with Gasteiger partial charge in [-0.3, -0.25) is 9.59 Å². The molecule has 0 fully saturated rings. The van der Waals surface area contributed by atoms with E-state index in [4.69, 9.17) is 11.6 Å². The Bertz CT molecular complexity index is 1060. The highest BCUT2D eigenvalue weighted by Gasteiger charge is 2.15. The third-order valence-electron chi connectivity index (χ3n) is 4.08. The second kappa shape index (κ2) is 10.6. The number of hydrogen-bond donors (Lipinski definition) is 2. The Hall–Kier alpha value is -2.36.